The van der Waals surface area contributed by atoms with Crippen LogP contribution in [0.25, 0.3) is 0 Å². The standard InChI is InChI=1S/C40H46Cl2N4O7/c1-25(47)33(44-39(53)40(19-3-4-20-40)21-22-43-26(2)48)23-27-7-15-32(16-8-27)45-37(29-9-13-31(42)14-10-29)46(35(49)17-18-36(50)51)34(38(45)52)24-28-5-11-30(41)12-6-28/h5-16,33-34,36-37,50-51H,3-4,17-24H2,1-2H3,(H,43,48)(H,44,53). The van der Waals surface area contributed by atoms with Crippen LogP contribution in [0.5, 0.6) is 0 Å². The zero-order chi connectivity index (χ0) is 38.3. The Balaban J connectivity index is 1.43. The monoisotopic (exact) mass is 764 g/mol. The number of rotatable bonds is 15. The van der Waals surface area contributed by atoms with Gasteiger partial charge < -0.3 is 25.7 Å². The average Bonchev–Trinajstić information content (AvgIpc) is 3.71. The molecule has 3 unspecified atom stereocenters. The minimum Gasteiger partial charge on any atom is -0.368 e. The number of hydrogen-bond donors (Lipinski definition) is 4. The molecule has 3 aromatic carbocycles. The first-order valence-corrected chi connectivity index (χ1v) is 18.7. The number of Topliss-reactive ketones (excluding diaryl/α,β-unsaturated/α-hetero) is 1. The summed E-state index contributed by atoms with van der Waals surface area (Å²) in [7, 11) is 0. The van der Waals surface area contributed by atoms with E-state index in [0.29, 0.717) is 47.1 Å². The number of anilines is 1. The summed E-state index contributed by atoms with van der Waals surface area (Å²) < 4.78 is 0. The van der Waals surface area contributed by atoms with Crippen LogP contribution in [0.4, 0.5) is 5.69 Å². The molecule has 0 spiro atoms. The van der Waals surface area contributed by atoms with Gasteiger partial charge in [-0.1, -0.05) is 72.4 Å². The zero-order valence-corrected chi connectivity index (χ0v) is 31.4. The molecule has 3 atom stereocenters. The number of nitrogens with one attached hydrogen (secondary N) is 2. The van der Waals surface area contributed by atoms with Crippen LogP contribution in [-0.4, -0.2) is 69.4 Å². The number of halogens is 2. The lowest BCUT2D eigenvalue weighted by Gasteiger charge is -2.32. The molecule has 1 heterocycles. The second kappa shape index (κ2) is 17.7. The first-order chi connectivity index (χ1) is 25.3. The van der Waals surface area contributed by atoms with E-state index in [2.05, 4.69) is 10.6 Å². The lowest BCUT2D eigenvalue weighted by molar-refractivity contribution is -0.138. The highest BCUT2D eigenvalue weighted by molar-refractivity contribution is 6.30. The van der Waals surface area contributed by atoms with Crippen LogP contribution in [0.2, 0.25) is 10.0 Å². The molecular weight excluding hydrogens is 719 g/mol. The number of aliphatic hydroxyl groups excluding tert-OH is 1. The third-order valence-corrected chi connectivity index (χ3v) is 10.8. The van der Waals surface area contributed by atoms with Crippen molar-refractivity contribution < 1.29 is 34.2 Å². The Morgan fingerprint density at radius 1 is 0.868 bits per heavy atom. The fraction of sp³-hybridized carbons (Fsp3) is 0.425. The molecule has 13 heteroatoms. The molecule has 2 aliphatic rings. The molecule has 2 fully saturated rings. The molecular formula is C40H46Cl2N4O7. The van der Waals surface area contributed by atoms with E-state index < -0.39 is 35.9 Å². The van der Waals surface area contributed by atoms with Gasteiger partial charge in [-0.3, -0.25) is 28.9 Å². The highest BCUT2D eigenvalue weighted by Gasteiger charge is 2.49. The van der Waals surface area contributed by atoms with Crippen LogP contribution in [0, 0.1) is 5.41 Å². The van der Waals surface area contributed by atoms with Crippen LogP contribution in [0.15, 0.2) is 72.8 Å². The number of aliphatic hydroxyl groups is 2. The van der Waals surface area contributed by atoms with Gasteiger partial charge >= 0.3 is 0 Å². The number of carbonyl (C=O) groups excluding carboxylic acids is 5. The SMILES string of the molecule is CC(=O)NCCC1(C(=O)NC(Cc2ccc(N3C(=O)C(Cc4ccc(Cl)cc4)N(C(=O)CCC(O)O)C3c3ccc(Cl)cc3)cc2)C(C)=O)CCCC1. The van der Waals surface area contributed by atoms with Crippen molar-refractivity contribution in [1.29, 1.82) is 0 Å². The van der Waals surface area contributed by atoms with Gasteiger partial charge in [-0.15, -0.1) is 0 Å². The molecule has 0 bridgehead atoms. The van der Waals surface area contributed by atoms with Gasteiger partial charge in [0.25, 0.3) is 5.91 Å². The number of hydrogen-bond acceptors (Lipinski definition) is 7. The second-order valence-corrected chi connectivity index (χ2v) is 14.9. The highest BCUT2D eigenvalue weighted by atomic mass is 35.5. The lowest BCUT2D eigenvalue weighted by Crippen LogP contribution is -2.49. The van der Waals surface area contributed by atoms with Crippen molar-refractivity contribution in [3.8, 4) is 0 Å². The average molecular weight is 766 g/mol. The first-order valence-electron chi connectivity index (χ1n) is 17.9. The maximum Gasteiger partial charge on any atom is 0.252 e. The summed E-state index contributed by atoms with van der Waals surface area (Å²) in [5.41, 5.74) is 2.02. The molecule has 4 amide bonds. The Labute approximate surface area is 319 Å². The first kappa shape index (κ1) is 39.9. The maximum absolute atomic E-state index is 14.5. The van der Waals surface area contributed by atoms with Crippen molar-refractivity contribution in [2.24, 2.45) is 5.41 Å². The van der Waals surface area contributed by atoms with Crippen molar-refractivity contribution >= 4 is 58.3 Å². The van der Waals surface area contributed by atoms with Gasteiger partial charge in [0, 0.05) is 48.5 Å². The summed E-state index contributed by atoms with van der Waals surface area (Å²) in [6.45, 7) is 3.27. The molecule has 1 aliphatic heterocycles. The lowest BCUT2D eigenvalue weighted by atomic mass is 9.81. The summed E-state index contributed by atoms with van der Waals surface area (Å²) in [6, 6.07) is 19.3. The number of ketones is 1. The smallest absolute Gasteiger partial charge is 0.252 e. The molecule has 1 aliphatic carbocycles. The fourth-order valence-corrected chi connectivity index (χ4v) is 7.64. The van der Waals surface area contributed by atoms with Crippen LogP contribution < -0.4 is 15.5 Å². The van der Waals surface area contributed by atoms with Crippen LogP contribution in [0.1, 0.15) is 81.6 Å². The van der Waals surface area contributed by atoms with Gasteiger partial charge in [0.2, 0.25) is 17.7 Å². The van der Waals surface area contributed by atoms with Crippen LogP contribution >= 0.6 is 23.2 Å². The third-order valence-electron chi connectivity index (χ3n) is 10.3. The van der Waals surface area contributed by atoms with Gasteiger partial charge in [0.1, 0.15) is 12.2 Å². The van der Waals surface area contributed by atoms with Gasteiger partial charge in [-0.05, 0) is 85.7 Å². The van der Waals surface area contributed by atoms with E-state index in [9.17, 15) is 34.2 Å². The van der Waals surface area contributed by atoms with E-state index in [-0.39, 0.29) is 49.2 Å². The van der Waals surface area contributed by atoms with Crippen molar-refractivity contribution in [3.05, 3.63) is 99.5 Å². The normalized spacial score (nSPS) is 18.7. The van der Waals surface area contributed by atoms with E-state index in [1.54, 1.807) is 77.7 Å². The number of benzene rings is 3. The number of carbonyl (C=O) groups is 5. The highest BCUT2D eigenvalue weighted by Crippen LogP contribution is 2.42. The minimum atomic E-state index is -1.69. The van der Waals surface area contributed by atoms with Gasteiger partial charge in [-0.25, -0.2) is 0 Å². The summed E-state index contributed by atoms with van der Waals surface area (Å²) in [5.74, 6) is -1.29. The van der Waals surface area contributed by atoms with Crippen molar-refractivity contribution in [3.63, 3.8) is 0 Å². The number of amides is 4. The van der Waals surface area contributed by atoms with Crippen LogP contribution in [-0.2, 0) is 36.8 Å². The summed E-state index contributed by atoms with van der Waals surface area (Å²) in [6.07, 6.45) is 1.11. The van der Waals surface area contributed by atoms with Gasteiger partial charge in [0.15, 0.2) is 12.1 Å². The van der Waals surface area contributed by atoms with Gasteiger partial charge in [0.05, 0.1) is 11.5 Å². The summed E-state index contributed by atoms with van der Waals surface area (Å²) >= 11 is 12.4. The molecule has 1 saturated heterocycles. The minimum absolute atomic E-state index is 0.156. The molecule has 282 valence electrons. The Hall–Kier alpha value is -4.29. The fourth-order valence-electron chi connectivity index (χ4n) is 7.39. The Morgan fingerprint density at radius 3 is 2.02 bits per heavy atom. The largest absolute Gasteiger partial charge is 0.368 e. The topological polar surface area (TPSA) is 156 Å². The quantitative estimate of drug-likeness (QED) is 0.154. The van der Waals surface area contributed by atoms with E-state index in [0.717, 1.165) is 24.0 Å². The number of nitrogens with zero attached hydrogens (tertiary/aromatic N) is 2. The van der Waals surface area contributed by atoms with Gasteiger partial charge in [-0.2, -0.15) is 0 Å². The van der Waals surface area contributed by atoms with E-state index in [4.69, 9.17) is 23.2 Å². The molecule has 53 heavy (non-hydrogen) atoms. The predicted octanol–water partition coefficient (Wildman–Crippen LogP) is 5.27. The predicted molar refractivity (Wildman–Crippen MR) is 202 cm³/mol. The Kier molecular flexibility index (Phi) is 13.3. The van der Waals surface area contributed by atoms with E-state index in [1.165, 1.54) is 18.7 Å². The summed E-state index contributed by atoms with van der Waals surface area (Å²) in [4.78, 5) is 69.4. The van der Waals surface area contributed by atoms with Crippen molar-refractivity contribution in [2.45, 2.75) is 96.2 Å². The molecule has 4 N–H and O–H groups in total. The van der Waals surface area contributed by atoms with E-state index in [1.807, 2.05) is 0 Å². The molecule has 0 radical (unpaired) electrons. The molecule has 3 aromatic rings. The Bertz CT molecular complexity index is 1780. The van der Waals surface area contributed by atoms with Crippen LogP contribution in [0.3, 0.4) is 0 Å². The second-order valence-electron chi connectivity index (χ2n) is 14.0. The zero-order valence-electron chi connectivity index (χ0n) is 29.9. The molecule has 0 aromatic heterocycles. The summed E-state index contributed by atoms with van der Waals surface area (Å²) in [5, 5.41) is 26.0. The molecule has 1 saturated carbocycles. The van der Waals surface area contributed by atoms with Crippen molar-refractivity contribution in [2.75, 3.05) is 11.4 Å². The Morgan fingerprint density at radius 2 is 1.45 bits per heavy atom. The third kappa shape index (κ3) is 9.83. The van der Waals surface area contributed by atoms with Crippen molar-refractivity contribution in [1.82, 2.24) is 15.5 Å². The molecule has 5 rings (SSSR count). The van der Waals surface area contributed by atoms with E-state index >= 15 is 0 Å². The molecule has 11 nitrogen and oxygen atoms in total. The maximum atomic E-state index is 14.5.